The quantitative estimate of drug-likeness (QED) is 0.630. The lowest BCUT2D eigenvalue weighted by Crippen LogP contribution is -2.31. The summed E-state index contributed by atoms with van der Waals surface area (Å²) in [4.78, 5) is 4.28. The number of nitrogens with one attached hydrogen (secondary N) is 1. The molecule has 2 atom stereocenters. The normalized spacial score (nSPS) is 14.2. The second kappa shape index (κ2) is 6.63. The Bertz CT molecular complexity index is 841. The zero-order chi connectivity index (χ0) is 17.3. The van der Waals surface area contributed by atoms with Gasteiger partial charge in [0.1, 0.15) is 17.5 Å². The molecule has 2 unspecified atom stereocenters. The lowest BCUT2D eigenvalue weighted by molar-refractivity contribution is 0.105. The molecular formula is C19H23N3O2. The fraction of sp³-hybridized carbons (Fsp3) is 0.316. The van der Waals surface area contributed by atoms with Crippen molar-refractivity contribution in [1.82, 2.24) is 14.9 Å². The number of benzene rings is 1. The predicted molar refractivity (Wildman–Crippen MR) is 94.5 cm³/mol. The first-order valence-electron chi connectivity index (χ1n) is 8.11. The Hall–Kier alpha value is -2.37. The van der Waals surface area contributed by atoms with Crippen molar-refractivity contribution in [3.63, 3.8) is 0 Å². The van der Waals surface area contributed by atoms with Crippen LogP contribution in [0.15, 0.2) is 48.8 Å². The number of phenols is 1. The summed E-state index contributed by atoms with van der Waals surface area (Å²) < 4.78 is 1.87. The first-order valence-corrected chi connectivity index (χ1v) is 8.11. The van der Waals surface area contributed by atoms with Crippen molar-refractivity contribution in [3.8, 4) is 5.75 Å². The van der Waals surface area contributed by atoms with E-state index in [1.165, 1.54) is 0 Å². The number of nitrogens with zero attached hydrogens (tertiary/aromatic N) is 2. The number of aliphatic hydroxyl groups is 1. The van der Waals surface area contributed by atoms with Crippen molar-refractivity contribution in [2.24, 2.45) is 13.0 Å². The number of aryl methyl sites for hydroxylation is 1. The summed E-state index contributed by atoms with van der Waals surface area (Å²) in [5.74, 6) is 0.338. The summed E-state index contributed by atoms with van der Waals surface area (Å²) in [7, 11) is 1.89. The Morgan fingerprint density at radius 2 is 1.92 bits per heavy atom. The highest BCUT2D eigenvalue weighted by Crippen LogP contribution is 2.35. The SMILES string of the molecule is CC(C)C(NC(O)c1cccn1C)c1ccc2cccnc2c1O. The van der Waals surface area contributed by atoms with Crippen LogP contribution in [-0.4, -0.2) is 19.8 Å². The minimum atomic E-state index is -0.823. The van der Waals surface area contributed by atoms with E-state index in [0.717, 1.165) is 16.6 Å². The Kier molecular flexibility index (Phi) is 4.55. The van der Waals surface area contributed by atoms with Crippen molar-refractivity contribution < 1.29 is 10.2 Å². The lowest BCUT2D eigenvalue weighted by atomic mass is 9.93. The van der Waals surface area contributed by atoms with E-state index >= 15 is 0 Å². The highest BCUT2D eigenvalue weighted by Gasteiger charge is 2.24. The van der Waals surface area contributed by atoms with Gasteiger partial charge in [0.05, 0.1) is 5.69 Å². The molecule has 0 aliphatic carbocycles. The molecule has 2 heterocycles. The van der Waals surface area contributed by atoms with Crippen molar-refractivity contribution in [2.75, 3.05) is 0 Å². The second-order valence-corrected chi connectivity index (χ2v) is 6.41. The van der Waals surface area contributed by atoms with E-state index in [9.17, 15) is 10.2 Å². The average molecular weight is 325 g/mol. The minimum Gasteiger partial charge on any atom is -0.505 e. The Morgan fingerprint density at radius 3 is 2.58 bits per heavy atom. The highest BCUT2D eigenvalue weighted by atomic mass is 16.3. The van der Waals surface area contributed by atoms with Gasteiger partial charge in [-0.25, -0.2) is 0 Å². The largest absolute Gasteiger partial charge is 0.505 e. The van der Waals surface area contributed by atoms with Crippen LogP contribution < -0.4 is 5.32 Å². The van der Waals surface area contributed by atoms with Crippen LogP contribution in [0.1, 0.15) is 37.4 Å². The second-order valence-electron chi connectivity index (χ2n) is 6.41. The van der Waals surface area contributed by atoms with E-state index in [1.54, 1.807) is 6.20 Å². The molecule has 24 heavy (non-hydrogen) atoms. The molecule has 1 aromatic carbocycles. The Labute approximate surface area is 141 Å². The zero-order valence-electron chi connectivity index (χ0n) is 14.1. The fourth-order valence-corrected chi connectivity index (χ4v) is 3.05. The molecule has 0 saturated carbocycles. The summed E-state index contributed by atoms with van der Waals surface area (Å²) in [6.07, 6.45) is 2.74. The third-order valence-electron chi connectivity index (χ3n) is 4.38. The van der Waals surface area contributed by atoms with Crippen molar-refractivity contribution in [3.05, 3.63) is 60.0 Å². The number of aromatic hydroxyl groups is 1. The van der Waals surface area contributed by atoms with Gasteiger partial charge in [0.2, 0.25) is 0 Å². The van der Waals surface area contributed by atoms with Gasteiger partial charge in [0, 0.05) is 36.4 Å². The molecule has 5 nitrogen and oxygen atoms in total. The number of aliphatic hydroxyl groups excluding tert-OH is 1. The number of fused-ring (bicyclic) bond motifs is 1. The molecule has 2 aromatic heterocycles. The molecule has 0 fully saturated rings. The number of pyridine rings is 1. The van der Waals surface area contributed by atoms with Gasteiger partial charge in [-0.05, 0) is 24.1 Å². The third-order valence-corrected chi connectivity index (χ3v) is 4.38. The summed E-state index contributed by atoms with van der Waals surface area (Å²) in [5, 5.41) is 25.3. The number of hydrogen-bond donors (Lipinski definition) is 3. The smallest absolute Gasteiger partial charge is 0.146 e. The number of rotatable bonds is 5. The van der Waals surface area contributed by atoms with Gasteiger partial charge in [-0.1, -0.05) is 32.0 Å². The number of hydrogen-bond acceptors (Lipinski definition) is 4. The van der Waals surface area contributed by atoms with Crippen LogP contribution in [0.4, 0.5) is 0 Å². The highest BCUT2D eigenvalue weighted by molar-refractivity contribution is 5.85. The topological polar surface area (TPSA) is 70.3 Å². The van der Waals surface area contributed by atoms with Crippen molar-refractivity contribution in [2.45, 2.75) is 26.1 Å². The van der Waals surface area contributed by atoms with Crippen LogP contribution in [0.5, 0.6) is 5.75 Å². The van der Waals surface area contributed by atoms with Crippen molar-refractivity contribution >= 4 is 10.9 Å². The molecule has 0 radical (unpaired) electrons. The van der Waals surface area contributed by atoms with E-state index < -0.39 is 6.23 Å². The summed E-state index contributed by atoms with van der Waals surface area (Å²) in [6, 6.07) is 11.2. The van der Waals surface area contributed by atoms with Gasteiger partial charge in [0.25, 0.3) is 0 Å². The summed E-state index contributed by atoms with van der Waals surface area (Å²) in [5.41, 5.74) is 2.10. The molecule has 5 heteroatoms. The zero-order valence-corrected chi connectivity index (χ0v) is 14.1. The first kappa shape index (κ1) is 16.5. The van der Waals surface area contributed by atoms with E-state index in [1.807, 2.05) is 54.2 Å². The van der Waals surface area contributed by atoms with E-state index in [2.05, 4.69) is 24.1 Å². The monoisotopic (exact) mass is 325 g/mol. The maximum atomic E-state index is 10.7. The van der Waals surface area contributed by atoms with Crippen LogP contribution in [0.25, 0.3) is 10.9 Å². The molecule has 3 N–H and O–H groups in total. The standard InChI is InChI=1S/C19H23N3O2/c1-12(2)16(21-19(24)15-7-5-11-22(15)3)14-9-8-13-6-4-10-20-17(13)18(14)23/h4-12,16,19,21,23-24H,1-3H3. The number of phenolic OH excluding ortho intramolecular Hbond substituents is 1. The minimum absolute atomic E-state index is 0.165. The van der Waals surface area contributed by atoms with Crippen LogP contribution in [-0.2, 0) is 7.05 Å². The maximum absolute atomic E-state index is 10.7. The van der Waals surface area contributed by atoms with Gasteiger partial charge in [-0.15, -0.1) is 0 Å². The molecule has 0 aliphatic rings. The van der Waals surface area contributed by atoms with Crippen LogP contribution in [0.3, 0.4) is 0 Å². The third kappa shape index (κ3) is 3.00. The average Bonchev–Trinajstić information content (AvgIpc) is 2.99. The Morgan fingerprint density at radius 1 is 1.12 bits per heavy atom. The van der Waals surface area contributed by atoms with Crippen LogP contribution >= 0.6 is 0 Å². The van der Waals surface area contributed by atoms with Gasteiger partial charge >= 0.3 is 0 Å². The van der Waals surface area contributed by atoms with Crippen LogP contribution in [0, 0.1) is 5.92 Å². The molecule has 0 bridgehead atoms. The molecule has 126 valence electrons. The summed E-state index contributed by atoms with van der Waals surface area (Å²) in [6.45, 7) is 4.11. The first-order chi connectivity index (χ1) is 11.5. The van der Waals surface area contributed by atoms with Crippen LogP contribution in [0.2, 0.25) is 0 Å². The van der Waals surface area contributed by atoms with E-state index in [-0.39, 0.29) is 17.7 Å². The van der Waals surface area contributed by atoms with Gasteiger partial charge in [-0.2, -0.15) is 0 Å². The maximum Gasteiger partial charge on any atom is 0.146 e. The summed E-state index contributed by atoms with van der Waals surface area (Å²) >= 11 is 0. The van der Waals surface area contributed by atoms with Gasteiger partial charge in [-0.3, -0.25) is 10.3 Å². The van der Waals surface area contributed by atoms with E-state index in [0.29, 0.717) is 5.52 Å². The molecule has 0 amide bonds. The molecular weight excluding hydrogens is 302 g/mol. The number of aromatic nitrogens is 2. The van der Waals surface area contributed by atoms with Crippen molar-refractivity contribution in [1.29, 1.82) is 0 Å². The molecule has 3 aromatic rings. The molecule has 0 saturated heterocycles. The fourth-order valence-electron chi connectivity index (χ4n) is 3.05. The Balaban J connectivity index is 1.97. The molecule has 0 aliphatic heterocycles. The predicted octanol–water partition coefficient (Wildman–Crippen LogP) is 3.26. The van der Waals surface area contributed by atoms with Gasteiger partial charge < -0.3 is 14.8 Å². The lowest BCUT2D eigenvalue weighted by Gasteiger charge is -2.27. The molecule has 0 spiro atoms. The molecule has 3 rings (SSSR count). The van der Waals surface area contributed by atoms with Gasteiger partial charge in [0.15, 0.2) is 0 Å². The van der Waals surface area contributed by atoms with E-state index in [4.69, 9.17) is 0 Å².